The summed E-state index contributed by atoms with van der Waals surface area (Å²) in [7, 11) is 0. The van der Waals surface area contributed by atoms with Gasteiger partial charge in [0.2, 0.25) is 5.91 Å². The topological polar surface area (TPSA) is 297 Å². The maximum Gasteiger partial charge on any atom is 0.249 e. The van der Waals surface area contributed by atoms with Crippen LogP contribution in [-0.4, -0.2) is 136 Å². The number of aliphatic hydroxyl groups excluding tert-OH is 4. The Balaban J connectivity index is 1.94. The third-order valence-corrected chi connectivity index (χ3v) is 7.85. The molecule has 16 nitrogen and oxygen atoms in total. The van der Waals surface area contributed by atoms with Crippen LogP contribution in [0.15, 0.2) is 12.7 Å². The molecule has 2 saturated heterocycles. The minimum absolute atomic E-state index is 0.0256. The van der Waals surface area contributed by atoms with Crippen LogP contribution < -0.4 is 34.0 Å². The number of carbonyl (C=O) groups excluding carboxylic acids is 1. The molecule has 1 amide bonds. The second kappa shape index (κ2) is 14.2. The molecule has 16 heteroatoms. The van der Waals surface area contributed by atoms with Gasteiger partial charge in [-0.15, -0.1) is 6.58 Å². The molecule has 16 N–H and O–H groups in total. The Kier molecular flexibility index (Phi) is 11.8. The number of ether oxygens (including phenoxy) is 4. The minimum atomic E-state index is -2.15. The number of amides is 1. The predicted octanol–water partition coefficient (Wildman–Crippen LogP) is -5.84. The monoisotopic (exact) mass is 578 g/mol. The smallest absolute Gasteiger partial charge is 0.249 e. The fraction of sp³-hybridized carbons (Fsp3) is 0.875. The van der Waals surface area contributed by atoms with Gasteiger partial charge in [0.25, 0.3) is 0 Å². The van der Waals surface area contributed by atoms with Crippen LogP contribution in [0.2, 0.25) is 0 Å². The van der Waals surface area contributed by atoms with Crippen molar-refractivity contribution in [2.24, 2.45) is 28.7 Å². The predicted molar refractivity (Wildman–Crippen MR) is 140 cm³/mol. The first-order chi connectivity index (χ1) is 18.9. The molecule has 40 heavy (non-hydrogen) atoms. The molecule has 2 aliphatic heterocycles. The van der Waals surface area contributed by atoms with Gasteiger partial charge in [0.05, 0.1) is 30.8 Å². The van der Waals surface area contributed by atoms with Crippen LogP contribution >= 0.6 is 0 Å². The molecule has 1 saturated carbocycles. The molecule has 232 valence electrons. The van der Waals surface area contributed by atoms with Gasteiger partial charge < -0.3 is 78.5 Å². The van der Waals surface area contributed by atoms with Gasteiger partial charge in [-0.05, 0) is 32.2 Å². The van der Waals surface area contributed by atoms with Crippen molar-refractivity contribution in [3.05, 3.63) is 12.7 Å². The highest BCUT2D eigenvalue weighted by Crippen LogP contribution is 2.38. The molecule has 1 aliphatic carbocycles. The number of aliphatic hydroxyl groups is 5. The second-order valence-electron chi connectivity index (χ2n) is 10.7. The molecule has 6 unspecified atom stereocenters. The first-order valence-electron chi connectivity index (χ1n) is 13.5. The number of hydrogen-bond acceptors (Lipinski definition) is 15. The standard InChI is InChI=1S/C24H46N6O10/c1-2-24(36)19(39-22-11(27)4-3-10(8-26)37-22)12(28)7-13(30-21(35)14(32)5-6-25)20(24)40-23-18(34)16(29)17(33)15(9-31)38-23/h2,10-20,22-23,31-34,36H,1,3-9,25-29H2,(H,30,35)/t10?,11?,12-,13+,14-,15?,16-,17+,18?,19?,20-,22+,23+,24?/m0/s1. The van der Waals surface area contributed by atoms with Crippen molar-refractivity contribution >= 4 is 5.91 Å². The van der Waals surface area contributed by atoms with Crippen LogP contribution in [0.3, 0.4) is 0 Å². The zero-order valence-corrected chi connectivity index (χ0v) is 22.4. The van der Waals surface area contributed by atoms with Gasteiger partial charge in [0.1, 0.15) is 42.2 Å². The third kappa shape index (κ3) is 6.99. The van der Waals surface area contributed by atoms with E-state index in [1.807, 2.05) is 0 Å². The Morgan fingerprint density at radius 1 is 1.07 bits per heavy atom. The highest BCUT2D eigenvalue weighted by atomic mass is 16.7. The quantitative estimate of drug-likeness (QED) is 0.102. The molecule has 3 aliphatic rings. The number of nitrogens with one attached hydrogen (secondary N) is 1. The van der Waals surface area contributed by atoms with Crippen molar-refractivity contribution in [3.63, 3.8) is 0 Å². The van der Waals surface area contributed by atoms with Crippen LogP contribution in [0.4, 0.5) is 0 Å². The van der Waals surface area contributed by atoms with Gasteiger partial charge in [0, 0.05) is 12.6 Å². The minimum Gasteiger partial charge on any atom is -0.394 e. The number of hydrogen-bond donors (Lipinski definition) is 11. The van der Waals surface area contributed by atoms with Crippen molar-refractivity contribution < 1.29 is 49.3 Å². The molecule has 2 heterocycles. The van der Waals surface area contributed by atoms with E-state index in [4.69, 9.17) is 47.6 Å². The van der Waals surface area contributed by atoms with Crippen molar-refractivity contribution in [1.29, 1.82) is 0 Å². The fourth-order valence-corrected chi connectivity index (χ4v) is 5.41. The summed E-state index contributed by atoms with van der Waals surface area (Å²) < 4.78 is 23.6. The van der Waals surface area contributed by atoms with Crippen LogP contribution in [0, 0.1) is 0 Å². The zero-order valence-electron chi connectivity index (χ0n) is 22.4. The summed E-state index contributed by atoms with van der Waals surface area (Å²) >= 11 is 0. The molecule has 3 rings (SSSR count). The Morgan fingerprint density at radius 2 is 1.75 bits per heavy atom. The Morgan fingerprint density at radius 3 is 2.35 bits per heavy atom. The lowest BCUT2D eigenvalue weighted by Crippen LogP contribution is -2.73. The maximum absolute atomic E-state index is 12.7. The van der Waals surface area contributed by atoms with Crippen LogP contribution in [-0.2, 0) is 23.7 Å². The molecule has 14 atom stereocenters. The first-order valence-corrected chi connectivity index (χ1v) is 13.5. The lowest BCUT2D eigenvalue weighted by atomic mass is 9.73. The molecular weight excluding hydrogens is 532 g/mol. The van der Waals surface area contributed by atoms with E-state index in [9.17, 15) is 30.3 Å². The van der Waals surface area contributed by atoms with E-state index in [-0.39, 0.29) is 32.0 Å². The van der Waals surface area contributed by atoms with E-state index in [2.05, 4.69) is 11.9 Å². The number of carbonyl (C=O) groups is 1. The van der Waals surface area contributed by atoms with Crippen LogP contribution in [0.25, 0.3) is 0 Å². The number of nitrogens with two attached hydrogens (primary N) is 5. The van der Waals surface area contributed by atoms with Crippen LogP contribution in [0.5, 0.6) is 0 Å². The van der Waals surface area contributed by atoms with Crippen molar-refractivity contribution in [3.8, 4) is 0 Å². The zero-order chi connectivity index (χ0) is 29.8. The molecular formula is C24H46N6O10. The van der Waals surface area contributed by atoms with E-state index < -0.39 is 91.5 Å². The molecule has 0 aromatic carbocycles. The first kappa shape index (κ1) is 33.2. The average Bonchev–Trinajstić information content (AvgIpc) is 2.93. The highest BCUT2D eigenvalue weighted by Gasteiger charge is 2.58. The average molecular weight is 579 g/mol. The Labute approximate surface area is 232 Å². The van der Waals surface area contributed by atoms with E-state index in [0.717, 1.165) is 6.08 Å². The lowest BCUT2D eigenvalue weighted by Gasteiger charge is -2.53. The molecule has 0 spiro atoms. The maximum atomic E-state index is 12.7. The molecule has 0 aromatic heterocycles. The molecule has 0 radical (unpaired) electrons. The van der Waals surface area contributed by atoms with Crippen molar-refractivity contribution in [2.45, 2.75) is 111 Å². The van der Waals surface area contributed by atoms with E-state index >= 15 is 0 Å². The Bertz CT molecular complexity index is 844. The van der Waals surface area contributed by atoms with E-state index in [1.54, 1.807) is 0 Å². The fourth-order valence-electron chi connectivity index (χ4n) is 5.41. The summed E-state index contributed by atoms with van der Waals surface area (Å²) in [6.07, 6.45) is -8.98. The normalized spacial score (nSPS) is 45.0. The van der Waals surface area contributed by atoms with E-state index in [1.165, 1.54) is 0 Å². The van der Waals surface area contributed by atoms with Gasteiger partial charge in [-0.2, -0.15) is 0 Å². The van der Waals surface area contributed by atoms with Gasteiger partial charge in [-0.1, -0.05) is 6.08 Å². The summed E-state index contributed by atoms with van der Waals surface area (Å²) in [5, 5.41) is 55.4. The summed E-state index contributed by atoms with van der Waals surface area (Å²) in [4.78, 5) is 12.7. The van der Waals surface area contributed by atoms with Crippen molar-refractivity contribution in [1.82, 2.24) is 5.32 Å². The summed E-state index contributed by atoms with van der Waals surface area (Å²) in [6.45, 7) is 3.37. The van der Waals surface area contributed by atoms with E-state index in [0.29, 0.717) is 12.8 Å². The van der Waals surface area contributed by atoms with Gasteiger partial charge in [0.15, 0.2) is 12.6 Å². The highest BCUT2D eigenvalue weighted by molar-refractivity contribution is 5.80. The number of rotatable bonds is 11. The van der Waals surface area contributed by atoms with Gasteiger partial charge in [-0.25, -0.2) is 0 Å². The molecule has 0 bridgehead atoms. The van der Waals surface area contributed by atoms with Gasteiger partial charge >= 0.3 is 0 Å². The summed E-state index contributed by atoms with van der Waals surface area (Å²) in [5.74, 6) is -0.795. The largest absolute Gasteiger partial charge is 0.394 e. The Hall–Kier alpha value is -1.35. The van der Waals surface area contributed by atoms with Gasteiger partial charge in [-0.3, -0.25) is 4.79 Å². The third-order valence-electron chi connectivity index (χ3n) is 7.85. The lowest BCUT2D eigenvalue weighted by molar-refractivity contribution is -0.325. The second-order valence-corrected chi connectivity index (χ2v) is 10.7. The summed E-state index contributed by atoms with van der Waals surface area (Å²) in [6, 6.07) is -3.82. The van der Waals surface area contributed by atoms with Crippen molar-refractivity contribution in [2.75, 3.05) is 19.7 Å². The SMILES string of the molecule is C=CC1(O)C(O[C@H]2OC(CN)CCC2N)[C@@H](N)C[C@@H](NC(=O)[C@@H](O)CCN)[C@@H]1O[C@H]1OC(CO)[C@@H](O)[C@H](N)C1O. The summed E-state index contributed by atoms with van der Waals surface area (Å²) in [5.41, 5.74) is 27.7. The molecule has 3 fully saturated rings. The van der Waals surface area contributed by atoms with Crippen LogP contribution in [0.1, 0.15) is 25.7 Å². The molecule has 0 aromatic rings.